The lowest BCUT2D eigenvalue weighted by Gasteiger charge is -2.31. The monoisotopic (exact) mass is 401 g/mol. The smallest absolute Gasteiger partial charge is 0.297 e. The number of nitrogens with zero attached hydrogens (tertiary/aromatic N) is 4. The molecule has 0 saturated carbocycles. The summed E-state index contributed by atoms with van der Waals surface area (Å²) in [6.07, 6.45) is 1.91. The third-order valence-electron chi connectivity index (χ3n) is 4.98. The number of hydrogen-bond acceptors (Lipinski definition) is 4. The highest BCUT2D eigenvalue weighted by molar-refractivity contribution is 5.95. The molecule has 1 aliphatic heterocycles. The zero-order valence-electron chi connectivity index (χ0n) is 15.4. The molecule has 3 aromatic heterocycles. The van der Waals surface area contributed by atoms with E-state index in [-0.39, 0.29) is 11.8 Å². The molecule has 1 saturated heterocycles. The van der Waals surface area contributed by atoms with E-state index in [4.69, 9.17) is 0 Å². The number of rotatable bonds is 4. The van der Waals surface area contributed by atoms with Crippen LogP contribution in [0.5, 0.6) is 0 Å². The molecule has 150 valence electrons. The number of halogens is 3. The Morgan fingerprint density at radius 2 is 1.97 bits per heavy atom. The minimum atomic E-state index is -4.47. The predicted molar refractivity (Wildman–Crippen MR) is 99.8 cm³/mol. The summed E-state index contributed by atoms with van der Waals surface area (Å²) in [5.41, 5.74) is 1.28. The van der Waals surface area contributed by atoms with Crippen LogP contribution in [-0.2, 0) is 17.4 Å². The highest BCUT2D eigenvalue weighted by Gasteiger charge is 2.33. The summed E-state index contributed by atoms with van der Waals surface area (Å²) in [5.74, 6) is 0.230. The molecule has 1 fully saturated rings. The van der Waals surface area contributed by atoms with Gasteiger partial charge in [-0.2, -0.15) is 18.3 Å². The molecule has 1 atom stereocenters. The second-order valence-electron chi connectivity index (χ2n) is 6.96. The van der Waals surface area contributed by atoms with Gasteiger partial charge in [0.25, 0.3) is 0 Å². The number of aromatic amines is 1. The van der Waals surface area contributed by atoms with Crippen molar-refractivity contribution in [3.63, 3.8) is 0 Å². The maximum atomic E-state index is 13.0. The molecule has 0 bridgehead atoms. The van der Waals surface area contributed by atoms with Gasteiger partial charge in [-0.15, -0.1) is 0 Å². The van der Waals surface area contributed by atoms with E-state index in [9.17, 15) is 18.0 Å². The Hall–Kier alpha value is -3.23. The van der Waals surface area contributed by atoms with Crippen molar-refractivity contribution in [3.05, 3.63) is 60.2 Å². The first-order valence-corrected chi connectivity index (χ1v) is 9.21. The van der Waals surface area contributed by atoms with E-state index in [1.54, 1.807) is 17.3 Å². The van der Waals surface area contributed by atoms with Gasteiger partial charge in [-0.1, -0.05) is 6.07 Å². The Morgan fingerprint density at radius 3 is 2.66 bits per heavy atom. The van der Waals surface area contributed by atoms with Crippen molar-refractivity contribution in [1.29, 1.82) is 0 Å². The van der Waals surface area contributed by atoms with Crippen LogP contribution < -0.4 is 4.90 Å². The number of pyridine rings is 2. The van der Waals surface area contributed by atoms with Crippen molar-refractivity contribution in [3.8, 4) is 11.3 Å². The fraction of sp³-hybridized carbons (Fsp3) is 0.300. The van der Waals surface area contributed by atoms with Gasteiger partial charge in [0.1, 0.15) is 11.5 Å². The average molecular weight is 401 g/mol. The van der Waals surface area contributed by atoms with Crippen LogP contribution in [0.4, 0.5) is 19.0 Å². The van der Waals surface area contributed by atoms with Gasteiger partial charge in [0.05, 0.1) is 5.69 Å². The molecule has 1 N–H and O–H groups in total. The van der Waals surface area contributed by atoms with E-state index in [2.05, 4.69) is 20.2 Å². The number of H-pyrrole nitrogens is 1. The van der Waals surface area contributed by atoms with Crippen LogP contribution >= 0.6 is 0 Å². The summed E-state index contributed by atoms with van der Waals surface area (Å²) in [7, 11) is 0. The molecule has 1 aliphatic rings. The van der Waals surface area contributed by atoms with Gasteiger partial charge in [-0.05, 0) is 43.0 Å². The highest BCUT2D eigenvalue weighted by atomic mass is 19.4. The van der Waals surface area contributed by atoms with Crippen LogP contribution in [-0.4, -0.2) is 32.6 Å². The molecule has 4 heterocycles. The van der Waals surface area contributed by atoms with Gasteiger partial charge in [-0.3, -0.25) is 24.8 Å². The summed E-state index contributed by atoms with van der Waals surface area (Å²) in [4.78, 5) is 22.1. The van der Waals surface area contributed by atoms with Crippen molar-refractivity contribution in [2.24, 2.45) is 5.92 Å². The first kappa shape index (κ1) is 19.1. The number of carbonyl (C=O) groups is 1. The average Bonchev–Trinajstić information content (AvgIpc) is 3.20. The summed E-state index contributed by atoms with van der Waals surface area (Å²) in [5, 5.41) is 7.18. The second-order valence-corrected chi connectivity index (χ2v) is 6.96. The van der Waals surface area contributed by atoms with Crippen molar-refractivity contribution in [2.45, 2.75) is 25.4 Å². The lowest BCUT2D eigenvalue weighted by Crippen LogP contribution is -2.42. The molecule has 4 rings (SSSR count). The number of amides is 1. The van der Waals surface area contributed by atoms with Crippen LogP contribution in [0.3, 0.4) is 0 Å². The lowest BCUT2D eigenvalue weighted by atomic mass is 9.91. The van der Waals surface area contributed by atoms with E-state index in [0.717, 1.165) is 18.1 Å². The first-order valence-electron chi connectivity index (χ1n) is 9.21. The molecular weight excluding hydrogens is 383 g/mol. The second kappa shape index (κ2) is 7.65. The van der Waals surface area contributed by atoms with Gasteiger partial charge >= 0.3 is 6.18 Å². The first-order chi connectivity index (χ1) is 13.9. The number of hydrogen-bond donors (Lipinski definition) is 1. The molecular formula is C20H18F3N5O. The third-order valence-corrected chi connectivity index (χ3v) is 4.98. The molecule has 9 heteroatoms. The summed E-state index contributed by atoms with van der Waals surface area (Å²) >= 11 is 0. The Morgan fingerprint density at radius 1 is 1.17 bits per heavy atom. The minimum Gasteiger partial charge on any atom is -0.297 e. The number of alkyl halides is 3. The van der Waals surface area contributed by atoms with Crippen LogP contribution in [0.1, 0.15) is 24.1 Å². The maximum absolute atomic E-state index is 13.0. The maximum Gasteiger partial charge on any atom is 0.433 e. The van der Waals surface area contributed by atoms with Gasteiger partial charge in [0, 0.05) is 42.7 Å². The molecule has 0 spiro atoms. The number of piperidine rings is 1. The Bertz CT molecular complexity index is 985. The number of carbonyl (C=O) groups excluding carboxylic acids is 1. The molecule has 1 unspecified atom stereocenters. The Balaban J connectivity index is 1.48. The molecule has 0 aromatic carbocycles. The zero-order chi connectivity index (χ0) is 20.4. The van der Waals surface area contributed by atoms with Gasteiger partial charge in [0.2, 0.25) is 5.91 Å². The third kappa shape index (κ3) is 4.13. The standard InChI is InChI=1S/C20H18F3N5O/c21-20(22,23)17-4-3-13(12-25-17)10-15-2-1-9-28(19(15)29)18-11-16(26-27-18)14-5-7-24-8-6-14/h3-8,11-12,15H,1-2,9-10H2,(H,26,27). The SMILES string of the molecule is O=C1C(Cc2ccc(C(F)(F)F)nc2)CCCN1c1cc(-c2ccncc2)n[nH]1. The fourth-order valence-corrected chi connectivity index (χ4v) is 3.50. The summed E-state index contributed by atoms with van der Waals surface area (Å²) < 4.78 is 38.0. The molecule has 0 radical (unpaired) electrons. The van der Waals surface area contributed by atoms with Gasteiger partial charge in [-0.25, -0.2) is 0 Å². The molecule has 29 heavy (non-hydrogen) atoms. The van der Waals surface area contributed by atoms with E-state index < -0.39 is 11.9 Å². The normalized spacial score (nSPS) is 17.6. The van der Waals surface area contributed by atoms with E-state index >= 15 is 0 Å². The molecule has 1 amide bonds. The van der Waals surface area contributed by atoms with Crippen LogP contribution in [0.2, 0.25) is 0 Å². The summed E-state index contributed by atoms with van der Waals surface area (Å²) in [6, 6.07) is 7.82. The van der Waals surface area contributed by atoms with E-state index in [1.165, 1.54) is 12.3 Å². The zero-order valence-corrected chi connectivity index (χ0v) is 15.4. The predicted octanol–water partition coefficient (Wildman–Crippen LogP) is 3.87. The van der Waals surface area contributed by atoms with Crippen LogP contribution in [0.15, 0.2) is 48.9 Å². The largest absolute Gasteiger partial charge is 0.433 e. The minimum absolute atomic E-state index is 0.0684. The van der Waals surface area contributed by atoms with E-state index in [1.807, 2.05) is 18.2 Å². The number of nitrogens with one attached hydrogen (secondary N) is 1. The number of anilines is 1. The van der Waals surface area contributed by atoms with Crippen LogP contribution in [0, 0.1) is 5.92 Å². The van der Waals surface area contributed by atoms with E-state index in [0.29, 0.717) is 36.5 Å². The molecule has 6 nitrogen and oxygen atoms in total. The molecule has 3 aromatic rings. The van der Waals surface area contributed by atoms with Crippen molar-refractivity contribution < 1.29 is 18.0 Å². The Labute approximate surface area is 164 Å². The molecule has 0 aliphatic carbocycles. The van der Waals surface area contributed by atoms with Crippen molar-refractivity contribution in [2.75, 3.05) is 11.4 Å². The Kier molecular flexibility index (Phi) is 5.04. The van der Waals surface area contributed by atoms with Crippen LogP contribution in [0.25, 0.3) is 11.3 Å². The topological polar surface area (TPSA) is 74.8 Å². The lowest BCUT2D eigenvalue weighted by molar-refractivity contribution is -0.141. The van der Waals surface area contributed by atoms with Crippen molar-refractivity contribution >= 4 is 11.7 Å². The fourth-order valence-electron chi connectivity index (χ4n) is 3.50. The quantitative estimate of drug-likeness (QED) is 0.720. The van der Waals surface area contributed by atoms with Gasteiger partial charge in [0.15, 0.2) is 0 Å². The highest BCUT2D eigenvalue weighted by Crippen LogP contribution is 2.30. The summed E-state index contributed by atoms with van der Waals surface area (Å²) in [6.45, 7) is 0.568. The van der Waals surface area contributed by atoms with Crippen molar-refractivity contribution in [1.82, 2.24) is 20.2 Å². The van der Waals surface area contributed by atoms with Gasteiger partial charge < -0.3 is 0 Å². The number of aromatic nitrogens is 4.